The van der Waals surface area contributed by atoms with Gasteiger partial charge in [-0.15, -0.1) is 0 Å². The van der Waals surface area contributed by atoms with E-state index < -0.39 is 0 Å². The van der Waals surface area contributed by atoms with Gasteiger partial charge >= 0.3 is 0 Å². The monoisotopic (exact) mass is 207 g/mol. The molecule has 84 valence electrons. The van der Waals surface area contributed by atoms with Gasteiger partial charge in [0.05, 0.1) is 0 Å². The predicted molar refractivity (Wildman–Crippen MR) is 67.2 cm³/mol. The van der Waals surface area contributed by atoms with Crippen LogP contribution in [0.15, 0.2) is 18.2 Å². The molecule has 3 N–H and O–H groups in total. The summed E-state index contributed by atoms with van der Waals surface area (Å²) in [5.74, 6) is 0. The molecule has 0 aliphatic carbocycles. The van der Waals surface area contributed by atoms with Crippen molar-refractivity contribution >= 4 is 11.4 Å². The Kier molecular flexibility index (Phi) is 3.97. The second-order valence-corrected chi connectivity index (χ2v) is 4.33. The maximum Gasteiger partial charge on any atom is 0.0393 e. The van der Waals surface area contributed by atoms with Crippen LogP contribution in [0.3, 0.4) is 0 Å². The molecule has 3 heteroatoms. The molecular formula is C12H21N3. The van der Waals surface area contributed by atoms with E-state index in [-0.39, 0.29) is 0 Å². The predicted octanol–water partition coefficient (Wildman–Crippen LogP) is 1.94. The van der Waals surface area contributed by atoms with Gasteiger partial charge in [0.25, 0.3) is 0 Å². The molecule has 1 aromatic carbocycles. The van der Waals surface area contributed by atoms with Crippen molar-refractivity contribution in [3.8, 4) is 0 Å². The van der Waals surface area contributed by atoms with Gasteiger partial charge in [0.1, 0.15) is 0 Å². The van der Waals surface area contributed by atoms with Crippen LogP contribution in [0.25, 0.3) is 0 Å². The highest BCUT2D eigenvalue weighted by Gasteiger charge is 2.06. The molecule has 1 aromatic rings. The van der Waals surface area contributed by atoms with Crippen molar-refractivity contribution in [3.05, 3.63) is 23.8 Å². The minimum atomic E-state index is 0.417. The van der Waals surface area contributed by atoms with Gasteiger partial charge in [0.2, 0.25) is 0 Å². The summed E-state index contributed by atoms with van der Waals surface area (Å²) in [5, 5.41) is 3.46. The molecule has 0 amide bonds. The molecule has 0 fully saturated rings. The maximum absolute atomic E-state index is 5.85. The zero-order chi connectivity index (χ0) is 11.4. The Balaban J connectivity index is 2.68. The van der Waals surface area contributed by atoms with E-state index in [2.05, 4.69) is 37.3 Å². The molecule has 0 bridgehead atoms. The minimum Gasteiger partial charge on any atom is -0.398 e. The van der Waals surface area contributed by atoms with Gasteiger partial charge < -0.3 is 16.0 Å². The first-order chi connectivity index (χ1) is 7.00. The molecule has 3 nitrogen and oxygen atoms in total. The first-order valence-electron chi connectivity index (χ1n) is 5.27. The van der Waals surface area contributed by atoms with Crippen LogP contribution in [0, 0.1) is 6.92 Å². The molecule has 0 heterocycles. The topological polar surface area (TPSA) is 41.3 Å². The summed E-state index contributed by atoms with van der Waals surface area (Å²) in [6.45, 7) is 5.22. The summed E-state index contributed by atoms with van der Waals surface area (Å²) >= 11 is 0. The third kappa shape index (κ3) is 3.44. The first-order valence-corrected chi connectivity index (χ1v) is 5.27. The van der Waals surface area contributed by atoms with Gasteiger partial charge in [0.15, 0.2) is 0 Å². The number of likely N-dealkylation sites (N-methyl/N-ethyl adjacent to an activating group) is 1. The summed E-state index contributed by atoms with van der Waals surface area (Å²) in [7, 11) is 4.15. The van der Waals surface area contributed by atoms with Crippen LogP contribution in [0.2, 0.25) is 0 Å². The van der Waals surface area contributed by atoms with E-state index in [1.54, 1.807) is 0 Å². The number of nitrogens with zero attached hydrogens (tertiary/aromatic N) is 1. The molecule has 0 aliphatic rings. The highest BCUT2D eigenvalue weighted by molar-refractivity contribution is 5.63. The van der Waals surface area contributed by atoms with Gasteiger partial charge in [-0.25, -0.2) is 0 Å². The molecule has 0 saturated carbocycles. The van der Waals surface area contributed by atoms with Crippen LogP contribution >= 0.6 is 0 Å². The number of nitrogen functional groups attached to an aromatic ring is 1. The number of hydrogen-bond acceptors (Lipinski definition) is 3. The quantitative estimate of drug-likeness (QED) is 0.741. The number of benzene rings is 1. The number of rotatable bonds is 4. The van der Waals surface area contributed by atoms with Crippen molar-refractivity contribution in [2.75, 3.05) is 31.7 Å². The molecule has 1 rings (SSSR count). The molecule has 0 saturated heterocycles. The Labute approximate surface area is 92.3 Å². The lowest BCUT2D eigenvalue weighted by atomic mass is 10.1. The van der Waals surface area contributed by atoms with E-state index >= 15 is 0 Å². The fraction of sp³-hybridized carbons (Fsp3) is 0.500. The van der Waals surface area contributed by atoms with Crippen molar-refractivity contribution in [1.29, 1.82) is 0 Å². The first kappa shape index (κ1) is 11.9. The third-order valence-electron chi connectivity index (χ3n) is 2.42. The molecule has 0 radical (unpaired) electrons. The van der Waals surface area contributed by atoms with Crippen LogP contribution in [0.1, 0.15) is 12.5 Å². The number of nitrogens with two attached hydrogens (primary N) is 1. The van der Waals surface area contributed by atoms with Crippen molar-refractivity contribution in [2.45, 2.75) is 19.9 Å². The number of anilines is 2. The van der Waals surface area contributed by atoms with Crippen LogP contribution in [-0.2, 0) is 0 Å². The second kappa shape index (κ2) is 5.03. The van der Waals surface area contributed by atoms with E-state index in [0.717, 1.165) is 23.5 Å². The Bertz CT molecular complexity index is 321. The fourth-order valence-electron chi connectivity index (χ4n) is 1.67. The van der Waals surface area contributed by atoms with E-state index in [9.17, 15) is 0 Å². The summed E-state index contributed by atoms with van der Waals surface area (Å²) in [6.07, 6.45) is 0. The van der Waals surface area contributed by atoms with E-state index in [1.165, 1.54) is 0 Å². The maximum atomic E-state index is 5.85. The zero-order valence-corrected chi connectivity index (χ0v) is 10.0. The molecule has 1 unspecified atom stereocenters. The number of nitrogens with one attached hydrogen (secondary N) is 1. The molecule has 0 spiro atoms. The highest BCUT2D eigenvalue weighted by atomic mass is 15.1. The standard InChI is InChI=1S/C12H21N3/c1-9(8-15(3)4)14-12-7-5-6-11(13)10(12)2/h5-7,9,14H,8,13H2,1-4H3. The van der Waals surface area contributed by atoms with Gasteiger partial charge in [-0.05, 0) is 45.6 Å². The van der Waals surface area contributed by atoms with E-state index in [4.69, 9.17) is 5.73 Å². The Morgan fingerprint density at radius 1 is 1.40 bits per heavy atom. The van der Waals surface area contributed by atoms with Gasteiger partial charge in [-0.2, -0.15) is 0 Å². The average Bonchev–Trinajstić information content (AvgIpc) is 2.11. The van der Waals surface area contributed by atoms with Crippen LogP contribution in [0.4, 0.5) is 11.4 Å². The van der Waals surface area contributed by atoms with Crippen molar-refractivity contribution in [3.63, 3.8) is 0 Å². The smallest absolute Gasteiger partial charge is 0.0393 e. The zero-order valence-electron chi connectivity index (χ0n) is 10.0. The summed E-state index contributed by atoms with van der Waals surface area (Å²) < 4.78 is 0. The minimum absolute atomic E-state index is 0.417. The lowest BCUT2D eigenvalue weighted by Gasteiger charge is -2.21. The second-order valence-electron chi connectivity index (χ2n) is 4.33. The third-order valence-corrected chi connectivity index (χ3v) is 2.42. The Morgan fingerprint density at radius 2 is 2.07 bits per heavy atom. The summed E-state index contributed by atoms with van der Waals surface area (Å²) in [4.78, 5) is 2.17. The molecule has 15 heavy (non-hydrogen) atoms. The van der Waals surface area contributed by atoms with Crippen LogP contribution < -0.4 is 11.1 Å². The summed E-state index contributed by atoms with van der Waals surface area (Å²) in [6, 6.07) is 6.39. The van der Waals surface area contributed by atoms with E-state index in [1.807, 2.05) is 19.1 Å². The molecular weight excluding hydrogens is 186 g/mol. The van der Waals surface area contributed by atoms with Crippen molar-refractivity contribution in [1.82, 2.24) is 4.90 Å². The lowest BCUT2D eigenvalue weighted by molar-refractivity contribution is 0.392. The van der Waals surface area contributed by atoms with Crippen molar-refractivity contribution in [2.24, 2.45) is 0 Å². The van der Waals surface area contributed by atoms with Crippen LogP contribution in [0.5, 0.6) is 0 Å². The Morgan fingerprint density at radius 3 is 2.67 bits per heavy atom. The Hall–Kier alpha value is -1.22. The van der Waals surface area contributed by atoms with Crippen LogP contribution in [-0.4, -0.2) is 31.6 Å². The van der Waals surface area contributed by atoms with Gasteiger partial charge in [0, 0.05) is 24.0 Å². The SMILES string of the molecule is Cc1c(N)cccc1NC(C)CN(C)C. The normalized spacial score (nSPS) is 12.9. The molecule has 0 aliphatic heterocycles. The molecule has 0 aromatic heterocycles. The lowest BCUT2D eigenvalue weighted by Crippen LogP contribution is -2.29. The average molecular weight is 207 g/mol. The molecule has 1 atom stereocenters. The number of hydrogen-bond donors (Lipinski definition) is 2. The van der Waals surface area contributed by atoms with Gasteiger partial charge in [-0.3, -0.25) is 0 Å². The fourth-order valence-corrected chi connectivity index (χ4v) is 1.67. The van der Waals surface area contributed by atoms with E-state index in [0.29, 0.717) is 6.04 Å². The van der Waals surface area contributed by atoms with Crippen molar-refractivity contribution < 1.29 is 0 Å². The van der Waals surface area contributed by atoms with Gasteiger partial charge in [-0.1, -0.05) is 6.07 Å². The largest absolute Gasteiger partial charge is 0.398 e. The summed E-state index contributed by atoms with van der Waals surface area (Å²) in [5.41, 5.74) is 8.95. The highest BCUT2D eigenvalue weighted by Crippen LogP contribution is 2.21.